The number of carbonyl (C=O) groups is 2. The standard InChI is InChI=1S/C17H21N5O.2C2HF3O2/c1-2-7-18-15(4-1)21-14-5-11-23-17(12-14)6-10-22(13-17)16-19-8-3-9-20-16;2*3-2(4,5)1(6)7/h1-4,7-9,14H,5-6,10-13H2,(H,18,21);2*(H,6,7)/t14-,17-;;/m1../s1. The molecule has 1 spiro atoms. The van der Waals surface area contributed by atoms with Crippen molar-refractivity contribution in [3.8, 4) is 0 Å². The monoisotopic (exact) mass is 539 g/mol. The fourth-order valence-corrected chi connectivity index (χ4v) is 3.56. The van der Waals surface area contributed by atoms with Crippen LogP contribution in [0.1, 0.15) is 19.3 Å². The number of pyridine rings is 1. The van der Waals surface area contributed by atoms with Crippen molar-refractivity contribution in [2.45, 2.75) is 43.3 Å². The van der Waals surface area contributed by atoms with Crippen LogP contribution in [0.5, 0.6) is 0 Å². The second-order valence-corrected chi connectivity index (χ2v) is 7.91. The van der Waals surface area contributed by atoms with Crippen LogP contribution in [-0.2, 0) is 14.3 Å². The van der Waals surface area contributed by atoms with E-state index in [9.17, 15) is 26.3 Å². The van der Waals surface area contributed by atoms with Crippen molar-refractivity contribution in [3.05, 3.63) is 42.9 Å². The summed E-state index contributed by atoms with van der Waals surface area (Å²) >= 11 is 0. The quantitative estimate of drug-likeness (QED) is 0.498. The third kappa shape index (κ3) is 9.70. The number of alkyl halides is 6. The molecule has 0 amide bonds. The van der Waals surface area contributed by atoms with Gasteiger partial charge in [-0.1, -0.05) is 6.07 Å². The number of ether oxygens (including phenoxy) is 1. The summed E-state index contributed by atoms with van der Waals surface area (Å²) in [6, 6.07) is 8.20. The minimum atomic E-state index is -5.08. The molecule has 2 fully saturated rings. The van der Waals surface area contributed by atoms with E-state index in [0.29, 0.717) is 6.04 Å². The number of hydrogen-bond acceptors (Lipinski definition) is 8. The van der Waals surface area contributed by atoms with Gasteiger partial charge in [0.2, 0.25) is 5.95 Å². The molecule has 4 heterocycles. The van der Waals surface area contributed by atoms with Crippen LogP contribution >= 0.6 is 0 Å². The molecule has 16 heteroatoms. The van der Waals surface area contributed by atoms with Gasteiger partial charge in [0, 0.05) is 37.8 Å². The first-order valence-corrected chi connectivity index (χ1v) is 10.7. The highest BCUT2D eigenvalue weighted by Crippen LogP contribution is 2.36. The summed E-state index contributed by atoms with van der Waals surface area (Å²) in [5.41, 5.74) is -0.0934. The zero-order valence-corrected chi connectivity index (χ0v) is 19.0. The first kappa shape index (κ1) is 29.5. The highest BCUT2D eigenvalue weighted by Gasteiger charge is 2.44. The van der Waals surface area contributed by atoms with Crippen LogP contribution < -0.4 is 10.2 Å². The van der Waals surface area contributed by atoms with Crippen molar-refractivity contribution in [3.63, 3.8) is 0 Å². The maximum atomic E-state index is 10.6. The summed E-state index contributed by atoms with van der Waals surface area (Å²) in [5.74, 6) is -3.77. The predicted molar refractivity (Wildman–Crippen MR) is 116 cm³/mol. The van der Waals surface area contributed by atoms with Gasteiger partial charge in [-0.2, -0.15) is 26.3 Å². The van der Waals surface area contributed by atoms with Crippen LogP contribution in [0.15, 0.2) is 42.9 Å². The van der Waals surface area contributed by atoms with Crippen molar-refractivity contribution in [2.75, 3.05) is 29.9 Å². The third-order valence-corrected chi connectivity index (χ3v) is 5.15. The van der Waals surface area contributed by atoms with Crippen LogP contribution in [0, 0.1) is 0 Å². The molecule has 0 bridgehead atoms. The predicted octanol–water partition coefficient (Wildman–Crippen LogP) is 3.38. The molecule has 2 aromatic rings. The van der Waals surface area contributed by atoms with E-state index in [1.54, 1.807) is 12.4 Å². The summed E-state index contributed by atoms with van der Waals surface area (Å²) in [6.45, 7) is 2.59. The van der Waals surface area contributed by atoms with Gasteiger partial charge >= 0.3 is 24.3 Å². The molecule has 3 N–H and O–H groups in total. The Bertz CT molecular complexity index is 988. The van der Waals surface area contributed by atoms with Crippen LogP contribution in [0.3, 0.4) is 0 Å². The lowest BCUT2D eigenvalue weighted by molar-refractivity contribution is -0.193. The van der Waals surface area contributed by atoms with Crippen molar-refractivity contribution >= 4 is 23.7 Å². The second kappa shape index (κ2) is 12.5. The van der Waals surface area contributed by atoms with Gasteiger partial charge in [0.05, 0.1) is 12.1 Å². The van der Waals surface area contributed by atoms with Crippen molar-refractivity contribution in [1.29, 1.82) is 0 Å². The Labute approximate surface area is 206 Å². The van der Waals surface area contributed by atoms with E-state index in [-0.39, 0.29) is 5.60 Å². The molecule has 2 aromatic heterocycles. The summed E-state index contributed by atoms with van der Waals surface area (Å²) in [7, 11) is 0. The zero-order chi connectivity index (χ0) is 27.7. The summed E-state index contributed by atoms with van der Waals surface area (Å²) < 4.78 is 69.7. The number of hydrogen-bond donors (Lipinski definition) is 3. The first-order valence-electron chi connectivity index (χ1n) is 10.7. The average Bonchev–Trinajstić information content (AvgIpc) is 3.23. The average molecular weight is 539 g/mol. The summed E-state index contributed by atoms with van der Waals surface area (Å²) in [4.78, 5) is 33.1. The van der Waals surface area contributed by atoms with E-state index in [1.165, 1.54) is 0 Å². The van der Waals surface area contributed by atoms with Crippen LogP contribution in [-0.4, -0.2) is 80.8 Å². The highest BCUT2D eigenvalue weighted by atomic mass is 19.4. The zero-order valence-electron chi connectivity index (χ0n) is 19.0. The summed E-state index contributed by atoms with van der Waals surface area (Å²) in [5, 5.41) is 17.8. The molecule has 0 aromatic carbocycles. The number of halogens is 6. The molecule has 2 aliphatic rings. The number of aliphatic carboxylic acids is 2. The number of aromatic nitrogens is 3. The maximum Gasteiger partial charge on any atom is 0.490 e. The summed E-state index contributed by atoms with van der Waals surface area (Å²) in [6.07, 6.45) is -1.73. The van der Waals surface area contributed by atoms with Crippen molar-refractivity contribution in [2.24, 2.45) is 0 Å². The van der Waals surface area contributed by atoms with Gasteiger partial charge in [-0.3, -0.25) is 0 Å². The Hall–Kier alpha value is -3.69. The number of carboxylic acids is 2. The number of carboxylic acid groups (broad SMARTS) is 2. The van der Waals surface area contributed by atoms with Gasteiger partial charge in [-0.15, -0.1) is 0 Å². The molecular formula is C21H23F6N5O5. The lowest BCUT2D eigenvalue weighted by Crippen LogP contribution is -2.46. The molecule has 0 aliphatic carbocycles. The Morgan fingerprint density at radius 1 is 0.973 bits per heavy atom. The highest BCUT2D eigenvalue weighted by molar-refractivity contribution is 5.73. The Balaban J connectivity index is 0.000000286. The molecule has 204 valence electrons. The number of nitrogens with zero attached hydrogens (tertiary/aromatic N) is 4. The topological polar surface area (TPSA) is 138 Å². The van der Waals surface area contributed by atoms with Gasteiger partial charge in [-0.05, 0) is 37.5 Å². The minimum Gasteiger partial charge on any atom is -0.475 e. The Morgan fingerprint density at radius 2 is 1.54 bits per heavy atom. The van der Waals surface area contributed by atoms with Gasteiger partial charge in [0.15, 0.2) is 0 Å². The van der Waals surface area contributed by atoms with E-state index in [1.807, 2.05) is 30.5 Å². The third-order valence-electron chi connectivity index (χ3n) is 5.15. The van der Waals surface area contributed by atoms with Crippen LogP contribution in [0.2, 0.25) is 0 Å². The molecular weight excluding hydrogens is 516 g/mol. The van der Waals surface area contributed by atoms with Crippen LogP contribution in [0.25, 0.3) is 0 Å². The smallest absolute Gasteiger partial charge is 0.475 e. The van der Waals surface area contributed by atoms with Crippen LogP contribution in [0.4, 0.5) is 38.1 Å². The molecule has 2 aliphatic heterocycles. The van der Waals surface area contributed by atoms with Gasteiger partial charge in [-0.25, -0.2) is 24.5 Å². The largest absolute Gasteiger partial charge is 0.490 e. The lowest BCUT2D eigenvalue weighted by atomic mass is 9.89. The van der Waals surface area contributed by atoms with Gasteiger partial charge < -0.3 is 25.2 Å². The number of rotatable bonds is 3. The van der Waals surface area contributed by atoms with E-state index in [4.69, 9.17) is 24.5 Å². The molecule has 0 saturated carbocycles. The number of anilines is 2. The van der Waals surface area contributed by atoms with Crippen molar-refractivity contribution < 1.29 is 50.9 Å². The number of nitrogens with one attached hydrogen (secondary N) is 1. The SMILES string of the molecule is O=C(O)C(F)(F)F.O=C(O)C(F)(F)F.c1ccc(N[C@@H]2CCO[C@]3(CCN(c4ncccn4)C3)C2)nc1. The first-order chi connectivity index (χ1) is 17.2. The Kier molecular flexibility index (Phi) is 9.99. The van der Waals surface area contributed by atoms with Gasteiger partial charge in [0.1, 0.15) is 5.82 Å². The van der Waals surface area contributed by atoms with E-state index in [0.717, 1.165) is 50.7 Å². The van der Waals surface area contributed by atoms with E-state index >= 15 is 0 Å². The Morgan fingerprint density at radius 3 is 2.05 bits per heavy atom. The van der Waals surface area contributed by atoms with Crippen molar-refractivity contribution in [1.82, 2.24) is 15.0 Å². The normalized spacial score (nSPS) is 21.2. The molecule has 0 radical (unpaired) electrons. The fourth-order valence-electron chi connectivity index (χ4n) is 3.56. The maximum absolute atomic E-state index is 10.6. The fraction of sp³-hybridized carbons (Fsp3) is 0.476. The lowest BCUT2D eigenvalue weighted by Gasteiger charge is -2.38. The van der Waals surface area contributed by atoms with E-state index in [2.05, 4.69) is 25.2 Å². The van der Waals surface area contributed by atoms with E-state index < -0.39 is 24.3 Å². The minimum absolute atomic E-state index is 0.0934. The van der Waals surface area contributed by atoms with Gasteiger partial charge in [0.25, 0.3) is 0 Å². The molecule has 37 heavy (non-hydrogen) atoms. The molecule has 2 saturated heterocycles. The molecule has 10 nitrogen and oxygen atoms in total. The molecule has 0 unspecified atom stereocenters. The molecule has 2 atom stereocenters. The molecule has 4 rings (SSSR count). The second-order valence-electron chi connectivity index (χ2n) is 7.91.